The molecule has 0 aliphatic carbocycles. The van der Waals surface area contributed by atoms with E-state index in [9.17, 15) is 14.7 Å². The maximum absolute atomic E-state index is 11.9. The van der Waals surface area contributed by atoms with E-state index in [1.54, 1.807) is 28.9 Å². The molecule has 11 heteroatoms. The Balaban J connectivity index is 1.76. The molecule has 1 aromatic carbocycles. The number of carbonyl (C=O) groups is 2. The summed E-state index contributed by atoms with van der Waals surface area (Å²) in [5.41, 5.74) is 1.49. The molecule has 0 unspecified atom stereocenters. The van der Waals surface area contributed by atoms with Gasteiger partial charge >= 0.3 is 6.03 Å². The zero-order chi connectivity index (χ0) is 22.9. The van der Waals surface area contributed by atoms with E-state index in [1.165, 1.54) is 6.08 Å². The molecule has 0 radical (unpaired) electrons. The van der Waals surface area contributed by atoms with Gasteiger partial charge in [-0.2, -0.15) is 9.61 Å². The minimum Gasteiger partial charge on any atom is -0.396 e. The van der Waals surface area contributed by atoms with Crippen LogP contribution in [-0.4, -0.2) is 44.8 Å². The van der Waals surface area contributed by atoms with Crippen LogP contribution in [0.4, 0.5) is 22.1 Å². The molecule has 0 spiro atoms. The van der Waals surface area contributed by atoms with Gasteiger partial charge in [-0.3, -0.25) is 10.1 Å². The summed E-state index contributed by atoms with van der Waals surface area (Å²) in [6, 6.07) is 8.43. The van der Waals surface area contributed by atoms with E-state index in [0.717, 1.165) is 5.69 Å². The van der Waals surface area contributed by atoms with Gasteiger partial charge in [0.15, 0.2) is 5.65 Å². The lowest BCUT2D eigenvalue weighted by molar-refractivity contribution is -0.115. The molecule has 166 valence electrons. The molecule has 4 rings (SSSR count). The maximum atomic E-state index is 11.9. The monoisotopic (exact) mass is 455 g/mol. The van der Waals surface area contributed by atoms with E-state index in [1.807, 2.05) is 26.0 Å². The summed E-state index contributed by atoms with van der Waals surface area (Å²) in [4.78, 5) is 28.0. The van der Waals surface area contributed by atoms with Gasteiger partial charge in [-0.25, -0.2) is 9.78 Å². The van der Waals surface area contributed by atoms with Crippen LogP contribution >= 0.6 is 11.6 Å². The molecule has 0 saturated carbocycles. The van der Waals surface area contributed by atoms with Gasteiger partial charge in [0.25, 0.3) is 5.91 Å². The van der Waals surface area contributed by atoms with E-state index in [-0.39, 0.29) is 17.7 Å². The number of nitrogens with one attached hydrogen (secondary N) is 4. The van der Waals surface area contributed by atoms with Crippen LogP contribution in [0.15, 0.2) is 42.2 Å². The first-order valence-electron chi connectivity index (χ1n) is 9.84. The van der Waals surface area contributed by atoms with Gasteiger partial charge in [0.2, 0.25) is 0 Å². The number of benzene rings is 1. The number of hydrogen-bond acceptors (Lipinski definition) is 7. The lowest BCUT2D eigenvalue weighted by Crippen LogP contribution is -2.27. The molecule has 1 aliphatic rings. The molecular formula is C21H22ClN7O3. The lowest BCUT2D eigenvalue weighted by Gasteiger charge is -2.23. The number of fused-ring (bicyclic) bond motifs is 1. The van der Waals surface area contributed by atoms with Crippen LogP contribution < -0.4 is 21.3 Å². The standard InChI is InChI=1S/C21H22ClN7O3/c1-21(2,11-30)10-23-17-8-16(25-14-5-3-4-13(22)7-14)27-18-12(9-24-29(17)18)6-15-19(31)28-20(32)26-15/h3-9,23,30H,10-11H2,1-2H3,(H,25,27)(H2,26,28,31,32)/b15-6-. The summed E-state index contributed by atoms with van der Waals surface area (Å²) in [5, 5.41) is 25.7. The summed E-state index contributed by atoms with van der Waals surface area (Å²) < 4.78 is 1.59. The highest BCUT2D eigenvalue weighted by molar-refractivity contribution is 6.30. The van der Waals surface area contributed by atoms with Crippen LogP contribution in [0.2, 0.25) is 5.02 Å². The summed E-state index contributed by atoms with van der Waals surface area (Å²) >= 11 is 6.09. The van der Waals surface area contributed by atoms with Crippen LogP contribution in [0.25, 0.3) is 11.7 Å². The minimum absolute atomic E-state index is 0.00706. The van der Waals surface area contributed by atoms with Crippen molar-refractivity contribution in [2.24, 2.45) is 5.41 Å². The van der Waals surface area contributed by atoms with Crippen LogP contribution in [-0.2, 0) is 4.79 Å². The van der Waals surface area contributed by atoms with Crippen LogP contribution in [0.3, 0.4) is 0 Å². The van der Waals surface area contributed by atoms with Gasteiger partial charge in [0, 0.05) is 40.9 Å². The SMILES string of the molecule is CC(C)(CO)CNc1cc(Nc2cccc(Cl)c2)nc2c(/C=C3\NC(=O)NC3=O)cnn12. The van der Waals surface area contributed by atoms with E-state index in [4.69, 9.17) is 11.6 Å². The predicted molar refractivity (Wildman–Crippen MR) is 122 cm³/mol. The molecule has 32 heavy (non-hydrogen) atoms. The van der Waals surface area contributed by atoms with E-state index >= 15 is 0 Å². The second-order valence-corrected chi connectivity index (χ2v) is 8.58. The zero-order valence-electron chi connectivity index (χ0n) is 17.4. The van der Waals surface area contributed by atoms with Crippen LogP contribution in [0.1, 0.15) is 19.4 Å². The molecule has 3 aromatic rings. The Morgan fingerprint density at radius 1 is 1.25 bits per heavy atom. The third-order valence-corrected chi connectivity index (χ3v) is 5.03. The van der Waals surface area contributed by atoms with Crippen LogP contribution in [0, 0.1) is 5.41 Å². The Hall–Kier alpha value is -3.63. The average Bonchev–Trinajstić information content (AvgIpc) is 3.29. The number of aromatic nitrogens is 3. The number of carbonyl (C=O) groups excluding carboxylic acids is 2. The van der Waals surface area contributed by atoms with Gasteiger partial charge in [0.1, 0.15) is 17.3 Å². The molecule has 1 saturated heterocycles. The molecule has 2 aromatic heterocycles. The van der Waals surface area contributed by atoms with Gasteiger partial charge in [-0.05, 0) is 24.3 Å². The Bertz CT molecular complexity index is 1240. The normalized spacial score (nSPS) is 15.2. The number of hydrogen-bond donors (Lipinski definition) is 5. The van der Waals surface area contributed by atoms with Gasteiger partial charge < -0.3 is 21.1 Å². The average molecular weight is 456 g/mol. The molecule has 0 bridgehead atoms. The fourth-order valence-corrected chi connectivity index (χ4v) is 3.20. The summed E-state index contributed by atoms with van der Waals surface area (Å²) in [6.07, 6.45) is 3.07. The number of anilines is 3. The van der Waals surface area contributed by atoms with Gasteiger partial charge in [0.05, 0.1) is 6.20 Å². The molecule has 0 atom stereocenters. The second-order valence-electron chi connectivity index (χ2n) is 8.14. The number of halogens is 1. The number of rotatable bonds is 7. The van der Waals surface area contributed by atoms with Crippen molar-refractivity contribution < 1.29 is 14.7 Å². The zero-order valence-corrected chi connectivity index (χ0v) is 18.2. The molecule has 5 N–H and O–H groups in total. The molecule has 1 fully saturated rings. The summed E-state index contributed by atoms with van der Waals surface area (Å²) in [5.74, 6) is 0.625. The number of urea groups is 1. The van der Waals surface area contributed by atoms with Gasteiger partial charge in [-0.1, -0.05) is 31.5 Å². The van der Waals surface area contributed by atoms with E-state index in [0.29, 0.717) is 34.4 Å². The number of amides is 3. The van der Waals surface area contributed by atoms with Gasteiger partial charge in [-0.15, -0.1) is 0 Å². The first kappa shape index (κ1) is 21.6. The third-order valence-electron chi connectivity index (χ3n) is 4.79. The second kappa shape index (κ2) is 8.48. The van der Waals surface area contributed by atoms with Crippen molar-refractivity contribution in [1.29, 1.82) is 0 Å². The van der Waals surface area contributed by atoms with Crippen molar-refractivity contribution in [2.75, 3.05) is 23.8 Å². The number of aliphatic hydroxyl groups excluding tert-OH is 1. The van der Waals surface area contributed by atoms with Crippen molar-refractivity contribution in [1.82, 2.24) is 25.2 Å². The van der Waals surface area contributed by atoms with Crippen molar-refractivity contribution in [3.05, 3.63) is 52.8 Å². The van der Waals surface area contributed by atoms with Crippen molar-refractivity contribution in [2.45, 2.75) is 13.8 Å². The molecule has 3 amide bonds. The van der Waals surface area contributed by atoms with Crippen molar-refractivity contribution in [3.63, 3.8) is 0 Å². The highest BCUT2D eigenvalue weighted by Gasteiger charge is 2.24. The molecule has 3 heterocycles. The smallest absolute Gasteiger partial charge is 0.326 e. The number of nitrogens with zero attached hydrogens (tertiary/aromatic N) is 3. The first-order chi connectivity index (χ1) is 15.2. The summed E-state index contributed by atoms with van der Waals surface area (Å²) in [7, 11) is 0. The highest BCUT2D eigenvalue weighted by atomic mass is 35.5. The van der Waals surface area contributed by atoms with Crippen LogP contribution in [0.5, 0.6) is 0 Å². The third kappa shape index (κ3) is 4.66. The maximum Gasteiger partial charge on any atom is 0.326 e. The Morgan fingerprint density at radius 2 is 2.06 bits per heavy atom. The fourth-order valence-electron chi connectivity index (χ4n) is 3.01. The molecular weight excluding hydrogens is 434 g/mol. The number of imide groups is 1. The first-order valence-corrected chi connectivity index (χ1v) is 10.2. The topological polar surface area (TPSA) is 133 Å². The minimum atomic E-state index is -0.581. The largest absolute Gasteiger partial charge is 0.396 e. The van der Waals surface area contributed by atoms with E-state index < -0.39 is 11.9 Å². The lowest BCUT2D eigenvalue weighted by atomic mass is 9.95. The number of aliphatic hydroxyl groups is 1. The van der Waals surface area contributed by atoms with Crippen molar-refractivity contribution >= 4 is 52.6 Å². The quantitative estimate of drug-likeness (QED) is 0.273. The Labute approximate surface area is 188 Å². The highest BCUT2D eigenvalue weighted by Crippen LogP contribution is 2.25. The molecule has 10 nitrogen and oxygen atoms in total. The van der Waals surface area contributed by atoms with Crippen molar-refractivity contribution in [3.8, 4) is 0 Å². The Morgan fingerprint density at radius 3 is 2.75 bits per heavy atom. The fraction of sp³-hybridized carbons (Fsp3) is 0.238. The summed E-state index contributed by atoms with van der Waals surface area (Å²) in [6.45, 7) is 4.36. The Kier molecular flexibility index (Phi) is 5.72. The molecule has 1 aliphatic heterocycles. The predicted octanol–water partition coefficient (Wildman–Crippen LogP) is 2.74. The van der Waals surface area contributed by atoms with E-state index in [2.05, 4.69) is 31.3 Å².